The molecule has 0 aliphatic carbocycles. The van der Waals surface area contributed by atoms with Crippen LogP contribution in [0.3, 0.4) is 0 Å². The van der Waals surface area contributed by atoms with Crippen LogP contribution >= 0.6 is 0 Å². The number of aromatic nitrogens is 1. The van der Waals surface area contributed by atoms with E-state index in [1.54, 1.807) is 19.4 Å². The Hall–Kier alpha value is -1.64. The first-order valence-corrected chi connectivity index (χ1v) is 5.16. The molecule has 86 valence electrons. The average molecular weight is 220 g/mol. The molecule has 0 fully saturated rings. The van der Waals surface area contributed by atoms with E-state index in [1.165, 1.54) is 0 Å². The Morgan fingerprint density at radius 1 is 1.38 bits per heavy atom. The third-order valence-corrected chi connectivity index (χ3v) is 1.99. The van der Waals surface area contributed by atoms with E-state index in [4.69, 9.17) is 10.00 Å². The summed E-state index contributed by atoms with van der Waals surface area (Å²) in [5, 5.41) is 15.0. The Kier molecular flexibility index (Phi) is 5.92. The van der Waals surface area contributed by atoms with Crippen LogP contribution in [0.25, 0.3) is 0 Å². The molecule has 0 unspecified atom stereocenters. The first-order chi connectivity index (χ1) is 7.86. The summed E-state index contributed by atoms with van der Waals surface area (Å²) in [5.41, 5.74) is 1.36. The van der Waals surface area contributed by atoms with Crippen molar-refractivity contribution < 1.29 is 4.74 Å². The van der Waals surface area contributed by atoms with E-state index in [2.05, 4.69) is 15.6 Å². The highest BCUT2D eigenvalue weighted by molar-refractivity contribution is 5.42. The fraction of sp³-hybridized carbons (Fsp3) is 0.455. The van der Waals surface area contributed by atoms with Gasteiger partial charge < -0.3 is 15.4 Å². The molecule has 0 atom stereocenters. The highest BCUT2D eigenvalue weighted by atomic mass is 16.5. The number of ether oxygens (including phenoxy) is 1. The lowest BCUT2D eigenvalue weighted by molar-refractivity contribution is 0.200. The summed E-state index contributed by atoms with van der Waals surface area (Å²) in [4.78, 5) is 3.96. The molecule has 0 aliphatic heterocycles. The normalized spacial score (nSPS) is 9.75. The van der Waals surface area contributed by atoms with Crippen molar-refractivity contribution in [1.29, 1.82) is 5.26 Å². The van der Waals surface area contributed by atoms with Gasteiger partial charge in [-0.05, 0) is 12.1 Å². The number of hydrogen-bond donors (Lipinski definition) is 2. The molecule has 0 spiro atoms. The minimum Gasteiger partial charge on any atom is -0.383 e. The van der Waals surface area contributed by atoms with Crippen LogP contribution in [0.5, 0.6) is 0 Å². The minimum atomic E-state index is 0.434. The van der Waals surface area contributed by atoms with Gasteiger partial charge in [0.05, 0.1) is 18.5 Å². The van der Waals surface area contributed by atoms with Gasteiger partial charge in [-0.1, -0.05) is 0 Å². The second-order valence-corrected chi connectivity index (χ2v) is 3.21. The van der Waals surface area contributed by atoms with E-state index in [-0.39, 0.29) is 0 Å². The Morgan fingerprint density at radius 2 is 2.25 bits per heavy atom. The quantitative estimate of drug-likeness (QED) is 0.658. The van der Waals surface area contributed by atoms with Crippen molar-refractivity contribution in [2.24, 2.45) is 0 Å². The molecular formula is C11H16N4O. The smallest absolute Gasteiger partial charge is 0.140 e. The highest BCUT2D eigenvalue weighted by Crippen LogP contribution is 2.04. The molecule has 5 heteroatoms. The fourth-order valence-electron chi connectivity index (χ4n) is 1.16. The van der Waals surface area contributed by atoms with Gasteiger partial charge in [-0.2, -0.15) is 5.26 Å². The molecule has 16 heavy (non-hydrogen) atoms. The van der Waals surface area contributed by atoms with Crippen LogP contribution in [0.4, 0.5) is 5.69 Å². The van der Waals surface area contributed by atoms with Crippen molar-refractivity contribution in [1.82, 2.24) is 10.3 Å². The third kappa shape index (κ3) is 4.73. The number of methoxy groups -OCH3 is 1. The number of anilines is 1. The number of nitrogens with one attached hydrogen (secondary N) is 2. The van der Waals surface area contributed by atoms with E-state index in [0.717, 1.165) is 31.9 Å². The molecule has 2 N–H and O–H groups in total. The maximum absolute atomic E-state index is 8.57. The summed E-state index contributed by atoms with van der Waals surface area (Å²) in [7, 11) is 1.68. The van der Waals surface area contributed by atoms with Gasteiger partial charge in [-0.3, -0.25) is 0 Å². The summed E-state index contributed by atoms with van der Waals surface area (Å²) >= 11 is 0. The molecule has 1 rings (SSSR count). The number of pyridine rings is 1. The molecule has 0 aromatic carbocycles. The Labute approximate surface area is 95.4 Å². The zero-order chi connectivity index (χ0) is 11.6. The Balaban J connectivity index is 2.15. The van der Waals surface area contributed by atoms with Crippen molar-refractivity contribution in [3.05, 3.63) is 24.0 Å². The maximum atomic E-state index is 8.57. The lowest BCUT2D eigenvalue weighted by Crippen LogP contribution is -2.25. The van der Waals surface area contributed by atoms with E-state index in [1.807, 2.05) is 12.1 Å². The number of rotatable bonds is 7. The first kappa shape index (κ1) is 12.4. The van der Waals surface area contributed by atoms with E-state index >= 15 is 0 Å². The summed E-state index contributed by atoms with van der Waals surface area (Å²) < 4.78 is 4.91. The van der Waals surface area contributed by atoms with Gasteiger partial charge in [-0.15, -0.1) is 0 Å². The molecule has 0 saturated carbocycles. The molecule has 0 amide bonds. The molecular weight excluding hydrogens is 204 g/mol. The lowest BCUT2D eigenvalue weighted by atomic mass is 10.3. The van der Waals surface area contributed by atoms with Crippen molar-refractivity contribution in [3.8, 4) is 6.07 Å². The summed E-state index contributed by atoms with van der Waals surface area (Å²) in [6, 6.07) is 5.52. The molecule has 0 radical (unpaired) electrons. The molecule has 0 aliphatic rings. The van der Waals surface area contributed by atoms with Crippen LogP contribution in [0.15, 0.2) is 18.3 Å². The molecule has 1 aromatic rings. The summed E-state index contributed by atoms with van der Waals surface area (Å²) in [5.74, 6) is 0. The Bertz CT molecular complexity index is 331. The van der Waals surface area contributed by atoms with Gasteiger partial charge >= 0.3 is 0 Å². The minimum absolute atomic E-state index is 0.434. The van der Waals surface area contributed by atoms with E-state index in [0.29, 0.717) is 5.69 Å². The summed E-state index contributed by atoms with van der Waals surface area (Å²) in [6.45, 7) is 3.25. The zero-order valence-electron chi connectivity index (χ0n) is 9.36. The SMILES string of the molecule is COCCNCCNc1ccc(C#N)nc1. The van der Waals surface area contributed by atoms with Crippen molar-refractivity contribution in [2.75, 3.05) is 38.7 Å². The maximum Gasteiger partial charge on any atom is 0.140 e. The van der Waals surface area contributed by atoms with Gasteiger partial charge in [0.25, 0.3) is 0 Å². The van der Waals surface area contributed by atoms with Crippen LogP contribution in [0, 0.1) is 11.3 Å². The predicted octanol–water partition coefficient (Wildman–Crippen LogP) is 0.601. The second kappa shape index (κ2) is 7.63. The predicted molar refractivity (Wildman–Crippen MR) is 62.2 cm³/mol. The molecule has 0 bridgehead atoms. The van der Waals surface area contributed by atoms with Crippen LogP contribution in [-0.2, 0) is 4.74 Å². The zero-order valence-corrected chi connectivity index (χ0v) is 9.36. The second-order valence-electron chi connectivity index (χ2n) is 3.21. The standard InChI is InChI=1S/C11H16N4O/c1-16-7-6-13-4-5-14-11-3-2-10(8-12)15-9-11/h2-3,9,13-14H,4-7H2,1H3. The van der Waals surface area contributed by atoms with Gasteiger partial charge in [0, 0.05) is 26.7 Å². The monoisotopic (exact) mass is 220 g/mol. The van der Waals surface area contributed by atoms with E-state index in [9.17, 15) is 0 Å². The summed E-state index contributed by atoms with van der Waals surface area (Å²) in [6.07, 6.45) is 1.66. The lowest BCUT2D eigenvalue weighted by Gasteiger charge is -2.06. The van der Waals surface area contributed by atoms with Crippen molar-refractivity contribution >= 4 is 5.69 Å². The van der Waals surface area contributed by atoms with Gasteiger partial charge in [-0.25, -0.2) is 4.98 Å². The number of nitrogens with zero attached hydrogens (tertiary/aromatic N) is 2. The fourth-order valence-corrected chi connectivity index (χ4v) is 1.16. The van der Waals surface area contributed by atoms with E-state index < -0.39 is 0 Å². The number of nitriles is 1. The van der Waals surface area contributed by atoms with Gasteiger partial charge in [0.1, 0.15) is 11.8 Å². The van der Waals surface area contributed by atoms with Crippen molar-refractivity contribution in [2.45, 2.75) is 0 Å². The average Bonchev–Trinajstić information content (AvgIpc) is 2.34. The molecule has 1 heterocycles. The van der Waals surface area contributed by atoms with Gasteiger partial charge in [0.2, 0.25) is 0 Å². The largest absolute Gasteiger partial charge is 0.383 e. The molecule has 1 aromatic heterocycles. The van der Waals surface area contributed by atoms with Crippen LogP contribution < -0.4 is 10.6 Å². The highest BCUT2D eigenvalue weighted by Gasteiger charge is 1.93. The third-order valence-electron chi connectivity index (χ3n) is 1.99. The Morgan fingerprint density at radius 3 is 2.88 bits per heavy atom. The first-order valence-electron chi connectivity index (χ1n) is 5.16. The van der Waals surface area contributed by atoms with Crippen LogP contribution in [0.2, 0.25) is 0 Å². The molecule has 0 saturated heterocycles. The topological polar surface area (TPSA) is 70.0 Å². The molecule has 5 nitrogen and oxygen atoms in total. The van der Waals surface area contributed by atoms with Crippen molar-refractivity contribution in [3.63, 3.8) is 0 Å². The van der Waals surface area contributed by atoms with Gasteiger partial charge in [0.15, 0.2) is 0 Å². The van der Waals surface area contributed by atoms with Crippen LogP contribution in [-0.4, -0.2) is 38.3 Å². The number of hydrogen-bond acceptors (Lipinski definition) is 5. The van der Waals surface area contributed by atoms with Crippen LogP contribution in [0.1, 0.15) is 5.69 Å².